The third kappa shape index (κ3) is 4.11. The molecule has 0 radical (unpaired) electrons. The van der Waals surface area contributed by atoms with E-state index in [2.05, 4.69) is 10.0 Å². The number of anilines is 1. The molecule has 0 aliphatic rings. The van der Waals surface area contributed by atoms with E-state index in [1.807, 2.05) is 13.8 Å². The average molecular weight is 350 g/mol. The molecule has 5 nitrogen and oxygen atoms in total. The number of para-hydroxylation sites is 1. The number of sulfonamides is 1. The highest BCUT2D eigenvalue weighted by Crippen LogP contribution is 2.21. The fraction of sp³-hybridized carbons (Fsp3) is 0.235. The first-order valence-corrected chi connectivity index (χ1v) is 9.00. The van der Waals surface area contributed by atoms with Crippen LogP contribution in [0.5, 0.6) is 0 Å². The van der Waals surface area contributed by atoms with Gasteiger partial charge in [-0.05, 0) is 37.6 Å². The van der Waals surface area contributed by atoms with Gasteiger partial charge < -0.3 is 5.32 Å². The molecule has 0 aromatic heterocycles. The standard InChI is InChI=1S/C17H19FN2O3S/c1-3-12(2)19-17(21)13-8-4-6-10-15(13)20-24(22,23)16-11-7-5-9-14(16)18/h4-12,20H,3H2,1-2H3,(H,19,21)/t12-/m0/s1. The summed E-state index contributed by atoms with van der Waals surface area (Å²) in [5.74, 6) is -1.25. The van der Waals surface area contributed by atoms with Crippen LogP contribution in [0.4, 0.5) is 10.1 Å². The largest absolute Gasteiger partial charge is 0.350 e. The molecular weight excluding hydrogens is 331 g/mol. The Morgan fingerprint density at radius 1 is 1.12 bits per heavy atom. The van der Waals surface area contributed by atoms with Crippen LogP contribution >= 0.6 is 0 Å². The van der Waals surface area contributed by atoms with Crippen LogP contribution in [0.25, 0.3) is 0 Å². The first-order chi connectivity index (χ1) is 11.3. The molecule has 2 aromatic rings. The molecule has 0 aliphatic heterocycles. The van der Waals surface area contributed by atoms with Gasteiger partial charge >= 0.3 is 0 Å². The predicted molar refractivity (Wildman–Crippen MR) is 90.9 cm³/mol. The van der Waals surface area contributed by atoms with Gasteiger partial charge in [0, 0.05) is 6.04 Å². The molecule has 0 bridgehead atoms. The minimum absolute atomic E-state index is 0.0475. The van der Waals surface area contributed by atoms with Gasteiger partial charge in [-0.1, -0.05) is 31.2 Å². The number of carbonyl (C=O) groups is 1. The molecule has 0 saturated carbocycles. The number of rotatable bonds is 6. The number of amides is 1. The first kappa shape index (κ1) is 17.9. The van der Waals surface area contributed by atoms with E-state index in [0.717, 1.165) is 12.5 Å². The highest BCUT2D eigenvalue weighted by atomic mass is 32.2. The van der Waals surface area contributed by atoms with Crippen LogP contribution < -0.4 is 10.0 Å². The summed E-state index contributed by atoms with van der Waals surface area (Å²) in [5, 5.41) is 2.78. The molecule has 0 spiro atoms. The molecule has 1 amide bonds. The van der Waals surface area contributed by atoms with Gasteiger partial charge in [-0.15, -0.1) is 0 Å². The highest BCUT2D eigenvalue weighted by molar-refractivity contribution is 7.92. The zero-order chi connectivity index (χ0) is 17.7. The number of nitrogens with one attached hydrogen (secondary N) is 2. The van der Waals surface area contributed by atoms with Crippen molar-refractivity contribution >= 4 is 21.6 Å². The third-order valence-electron chi connectivity index (χ3n) is 3.53. The lowest BCUT2D eigenvalue weighted by atomic mass is 10.1. The second kappa shape index (κ2) is 7.44. The van der Waals surface area contributed by atoms with Gasteiger partial charge in [-0.3, -0.25) is 9.52 Å². The maximum absolute atomic E-state index is 13.8. The fourth-order valence-corrected chi connectivity index (χ4v) is 3.20. The van der Waals surface area contributed by atoms with Gasteiger partial charge in [0.1, 0.15) is 10.7 Å². The van der Waals surface area contributed by atoms with Crippen molar-refractivity contribution in [1.29, 1.82) is 0 Å². The second-order valence-corrected chi connectivity index (χ2v) is 7.02. The number of halogens is 1. The molecule has 7 heteroatoms. The van der Waals surface area contributed by atoms with Crippen LogP contribution in [0.1, 0.15) is 30.6 Å². The van der Waals surface area contributed by atoms with Crippen LogP contribution in [-0.4, -0.2) is 20.4 Å². The quantitative estimate of drug-likeness (QED) is 0.840. The lowest BCUT2D eigenvalue weighted by Gasteiger charge is -2.15. The summed E-state index contributed by atoms with van der Waals surface area (Å²) in [6.07, 6.45) is 0.745. The van der Waals surface area contributed by atoms with Gasteiger partial charge in [0.15, 0.2) is 0 Å². The van der Waals surface area contributed by atoms with Gasteiger partial charge in [0.05, 0.1) is 11.3 Å². The normalized spacial score (nSPS) is 12.5. The van der Waals surface area contributed by atoms with E-state index in [1.54, 1.807) is 12.1 Å². The maximum Gasteiger partial charge on any atom is 0.264 e. The smallest absolute Gasteiger partial charge is 0.264 e. The Kier molecular flexibility index (Phi) is 5.56. The van der Waals surface area contributed by atoms with Crippen LogP contribution in [0, 0.1) is 5.82 Å². The van der Waals surface area contributed by atoms with Crippen molar-refractivity contribution in [3.63, 3.8) is 0 Å². The lowest BCUT2D eigenvalue weighted by molar-refractivity contribution is 0.0940. The fourth-order valence-electron chi connectivity index (χ4n) is 2.04. The molecule has 24 heavy (non-hydrogen) atoms. The van der Waals surface area contributed by atoms with Crippen molar-refractivity contribution in [3.05, 3.63) is 59.9 Å². The van der Waals surface area contributed by atoms with E-state index < -0.39 is 26.6 Å². The van der Waals surface area contributed by atoms with Crippen LogP contribution in [0.2, 0.25) is 0 Å². The summed E-state index contributed by atoms with van der Waals surface area (Å²) in [7, 11) is -4.14. The number of carbonyl (C=O) groups excluding carboxylic acids is 1. The summed E-state index contributed by atoms with van der Waals surface area (Å²) in [6.45, 7) is 3.78. The van der Waals surface area contributed by atoms with E-state index in [4.69, 9.17) is 0 Å². The Morgan fingerprint density at radius 3 is 2.42 bits per heavy atom. The second-order valence-electron chi connectivity index (χ2n) is 5.36. The molecule has 1 atom stereocenters. The predicted octanol–water partition coefficient (Wildman–Crippen LogP) is 3.15. The zero-order valence-electron chi connectivity index (χ0n) is 13.4. The van der Waals surface area contributed by atoms with Crippen molar-refractivity contribution in [2.75, 3.05) is 4.72 Å². The number of hydrogen-bond donors (Lipinski definition) is 2. The Labute approximate surface area is 141 Å². The Bertz CT molecular complexity index is 837. The summed E-state index contributed by atoms with van der Waals surface area (Å²) in [5.41, 5.74) is 0.277. The minimum atomic E-state index is -4.14. The molecular formula is C17H19FN2O3S. The summed E-state index contributed by atoms with van der Waals surface area (Å²) in [6, 6.07) is 11.2. The highest BCUT2D eigenvalue weighted by Gasteiger charge is 2.21. The van der Waals surface area contributed by atoms with Crippen molar-refractivity contribution in [2.45, 2.75) is 31.2 Å². The molecule has 0 unspecified atom stereocenters. The van der Waals surface area contributed by atoms with Crippen LogP contribution in [0.15, 0.2) is 53.4 Å². The van der Waals surface area contributed by atoms with E-state index in [1.165, 1.54) is 30.3 Å². The molecule has 0 heterocycles. The van der Waals surface area contributed by atoms with Crippen LogP contribution in [0.3, 0.4) is 0 Å². The Hall–Kier alpha value is -2.41. The Morgan fingerprint density at radius 2 is 1.75 bits per heavy atom. The molecule has 0 aliphatic carbocycles. The summed E-state index contributed by atoms with van der Waals surface area (Å²) in [4.78, 5) is 11.8. The molecule has 0 fully saturated rings. The molecule has 128 valence electrons. The summed E-state index contributed by atoms with van der Waals surface area (Å²) >= 11 is 0. The zero-order valence-corrected chi connectivity index (χ0v) is 14.2. The monoisotopic (exact) mass is 350 g/mol. The van der Waals surface area contributed by atoms with Crippen molar-refractivity contribution in [1.82, 2.24) is 5.32 Å². The maximum atomic E-state index is 13.8. The molecule has 2 N–H and O–H groups in total. The first-order valence-electron chi connectivity index (χ1n) is 7.52. The topological polar surface area (TPSA) is 75.3 Å². The van der Waals surface area contributed by atoms with Gasteiger partial charge in [-0.2, -0.15) is 0 Å². The van der Waals surface area contributed by atoms with E-state index in [-0.39, 0.29) is 17.3 Å². The Balaban J connectivity index is 2.34. The summed E-state index contributed by atoms with van der Waals surface area (Å²) < 4.78 is 40.8. The van der Waals surface area contributed by atoms with E-state index in [0.29, 0.717) is 0 Å². The van der Waals surface area contributed by atoms with Gasteiger partial charge in [0.2, 0.25) is 0 Å². The van der Waals surface area contributed by atoms with Gasteiger partial charge in [-0.25, -0.2) is 12.8 Å². The van der Waals surface area contributed by atoms with Gasteiger partial charge in [0.25, 0.3) is 15.9 Å². The van der Waals surface area contributed by atoms with E-state index in [9.17, 15) is 17.6 Å². The third-order valence-corrected chi connectivity index (χ3v) is 4.93. The van der Waals surface area contributed by atoms with Crippen molar-refractivity contribution in [2.24, 2.45) is 0 Å². The number of benzene rings is 2. The minimum Gasteiger partial charge on any atom is -0.350 e. The average Bonchev–Trinajstić information content (AvgIpc) is 2.55. The van der Waals surface area contributed by atoms with Crippen molar-refractivity contribution < 1.29 is 17.6 Å². The van der Waals surface area contributed by atoms with Crippen LogP contribution in [-0.2, 0) is 10.0 Å². The molecule has 2 aromatic carbocycles. The SMILES string of the molecule is CC[C@H](C)NC(=O)c1ccccc1NS(=O)(=O)c1ccccc1F. The van der Waals surface area contributed by atoms with E-state index >= 15 is 0 Å². The lowest BCUT2D eigenvalue weighted by Crippen LogP contribution is -2.32. The molecule has 2 rings (SSSR count). The van der Waals surface area contributed by atoms with Crippen molar-refractivity contribution in [3.8, 4) is 0 Å². The number of hydrogen-bond acceptors (Lipinski definition) is 3. The molecule has 0 saturated heterocycles.